The van der Waals surface area contributed by atoms with Crippen molar-refractivity contribution in [1.29, 1.82) is 0 Å². The Morgan fingerprint density at radius 3 is 2.20 bits per heavy atom. The summed E-state index contributed by atoms with van der Waals surface area (Å²) in [7, 11) is -1.30. The van der Waals surface area contributed by atoms with Crippen LogP contribution in [0.1, 0.15) is 30.4 Å². The number of benzene rings is 2. The molecule has 1 heterocycles. The van der Waals surface area contributed by atoms with Gasteiger partial charge in [0.25, 0.3) is 0 Å². The quantitative estimate of drug-likeness (QED) is 0.398. The third-order valence-electron chi connectivity index (χ3n) is 5.64. The highest BCUT2D eigenvalue weighted by Crippen LogP contribution is 2.21. The van der Waals surface area contributed by atoms with Crippen LogP contribution in [0.2, 0.25) is 0 Å². The molecule has 6 heteroatoms. The van der Waals surface area contributed by atoms with Crippen molar-refractivity contribution in [1.82, 2.24) is 10.2 Å². The average molecular weight is 428 g/mol. The Morgan fingerprint density at radius 1 is 1.00 bits per heavy atom. The highest BCUT2D eigenvalue weighted by Gasteiger charge is 2.21. The van der Waals surface area contributed by atoms with Gasteiger partial charge in [0.05, 0.1) is 11.5 Å². The molecule has 2 aromatic rings. The van der Waals surface area contributed by atoms with E-state index in [9.17, 15) is 8.42 Å². The van der Waals surface area contributed by atoms with Crippen LogP contribution < -0.4 is 5.32 Å². The monoisotopic (exact) mass is 427 g/mol. The van der Waals surface area contributed by atoms with Crippen molar-refractivity contribution in [3.8, 4) is 0 Å². The van der Waals surface area contributed by atoms with Crippen LogP contribution in [0, 0.1) is 5.92 Å². The molecule has 0 atom stereocenters. The Kier molecular flexibility index (Phi) is 8.31. The maximum Gasteiger partial charge on any atom is 0.193 e. The van der Waals surface area contributed by atoms with Gasteiger partial charge in [-0.2, -0.15) is 0 Å². The molecule has 1 aliphatic rings. The number of hydrogen-bond acceptors (Lipinski definition) is 3. The Morgan fingerprint density at radius 2 is 1.60 bits per heavy atom. The van der Waals surface area contributed by atoms with Crippen molar-refractivity contribution >= 4 is 15.8 Å². The van der Waals surface area contributed by atoms with Crippen molar-refractivity contribution in [2.45, 2.75) is 31.4 Å². The number of guanidine groups is 1. The largest absolute Gasteiger partial charge is 0.356 e. The van der Waals surface area contributed by atoms with Crippen LogP contribution in [0.25, 0.3) is 0 Å². The van der Waals surface area contributed by atoms with Crippen molar-refractivity contribution < 1.29 is 8.42 Å². The van der Waals surface area contributed by atoms with Gasteiger partial charge >= 0.3 is 0 Å². The zero-order valence-electron chi connectivity index (χ0n) is 17.8. The highest BCUT2D eigenvalue weighted by atomic mass is 32.2. The lowest BCUT2D eigenvalue weighted by Gasteiger charge is -2.34. The third kappa shape index (κ3) is 7.17. The van der Waals surface area contributed by atoms with E-state index in [1.54, 1.807) is 7.05 Å². The van der Waals surface area contributed by atoms with Gasteiger partial charge in [-0.25, -0.2) is 8.42 Å². The van der Waals surface area contributed by atoms with E-state index in [4.69, 9.17) is 0 Å². The van der Waals surface area contributed by atoms with Crippen LogP contribution in [-0.4, -0.2) is 51.7 Å². The minimum atomic E-state index is -3.09. The van der Waals surface area contributed by atoms with Gasteiger partial charge in [-0.15, -0.1) is 0 Å². The molecule has 1 saturated heterocycles. The normalized spacial score (nSPS) is 15.9. The molecule has 0 bridgehead atoms. The second-order valence-electron chi connectivity index (χ2n) is 8.03. The molecule has 1 N–H and O–H groups in total. The van der Waals surface area contributed by atoms with E-state index < -0.39 is 9.84 Å². The zero-order chi connectivity index (χ0) is 21.2. The summed E-state index contributed by atoms with van der Waals surface area (Å²) >= 11 is 0. The molecule has 0 aromatic heterocycles. The zero-order valence-corrected chi connectivity index (χ0v) is 18.7. The summed E-state index contributed by atoms with van der Waals surface area (Å²) < 4.78 is 24.7. The molecule has 0 unspecified atom stereocenters. The van der Waals surface area contributed by atoms with E-state index >= 15 is 0 Å². The second kappa shape index (κ2) is 11.2. The lowest BCUT2D eigenvalue weighted by Crippen LogP contribution is -2.46. The first-order valence-corrected chi connectivity index (χ1v) is 12.6. The molecule has 2 aromatic carbocycles. The maximum absolute atomic E-state index is 12.3. The van der Waals surface area contributed by atoms with Gasteiger partial charge in [0.1, 0.15) is 0 Å². The van der Waals surface area contributed by atoms with Gasteiger partial charge < -0.3 is 10.2 Å². The predicted octanol–water partition coefficient (Wildman–Crippen LogP) is 3.52. The van der Waals surface area contributed by atoms with Crippen LogP contribution >= 0.6 is 0 Å². The molecule has 3 rings (SSSR count). The number of rotatable bonds is 8. The molecule has 1 fully saturated rings. The minimum Gasteiger partial charge on any atom is -0.356 e. The fraction of sp³-hybridized carbons (Fsp3) is 0.458. The van der Waals surface area contributed by atoms with Gasteiger partial charge in [-0.3, -0.25) is 4.99 Å². The molecule has 30 heavy (non-hydrogen) atoms. The molecule has 0 saturated carbocycles. The predicted molar refractivity (Wildman–Crippen MR) is 124 cm³/mol. The highest BCUT2D eigenvalue weighted by molar-refractivity contribution is 7.90. The number of likely N-dealkylation sites (tertiary alicyclic amines) is 1. The summed E-state index contributed by atoms with van der Waals surface area (Å²) in [5.74, 6) is 1.89. The summed E-state index contributed by atoms with van der Waals surface area (Å²) in [5, 5.41) is 3.35. The van der Waals surface area contributed by atoms with Gasteiger partial charge in [0.15, 0.2) is 15.8 Å². The summed E-state index contributed by atoms with van der Waals surface area (Å²) in [5.41, 5.74) is 2.26. The fourth-order valence-electron chi connectivity index (χ4n) is 4.02. The minimum absolute atomic E-state index is 0.109. The lowest BCUT2D eigenvalue weighted by atomic mass is 9.90. The molecule has 162 valence electrons. The smallest absolute Gasteiger partial charge is 0.193 e. The van der Waals surface area contributed by atoms with Crippen molar-refractivity contribution in [3.05, 3.63) is 71.8 Å². The molecular weight excluding hydrogens is 394 g/mol. The Bertz CT molecular complexity index is 891. The molecular formula is C24H33N3O2S. The number of sulfone groups is 1. The van der Waals surface area contributed by atoms with Crippen LogP contribution in [0.5, 0.6) is 0 Å². The van der Waals surface area contributed by atoms with E-state index in [1.807, 2.05) is 30.3 Å². The second-order valence-corrected chi connectivity index (χ2v) is 10.2. The number of nitrogens with one attached hydrogen (secondary N) is 1. The van der Waals surface area contributed by atoms with E-state index in [-0.39, 0.29) is 11.5 Å². The summed E-state index contributed by atoms with van der Waals surface area (Å²) in [6.45, 7) is 2.59. The molecule has 5 nitrogen and oxygen atoms in total. The van der Waals surface area contributed by atoms with Crippen LogP contribution in [0.3, 0.4) is 0 Å². The van der Waals surface area contributed by atoms with E-state index in [1.165, 1.54) is 5.56 Å². The first kappa shape index (κ1) is 22.3. The van der Waals surface area contributed by atoms with E-state index in [0.717, 1.165) is 43.9 Å². The van der Waals surface area contributed by atoms with Gasteiger partial charge in [0.2, 0.25) is 0 Å². The Labute approximate surface area is 181 Å². The average Bonchev–Trinajstić information content (AvgIpc) is 2.76. The molecule has 0 aliphatic carbocycles. The standard InChI is InChI=1S/C24H33N3O2S/c1-25-24(26-15-8-18-30(28,29)20-23-11-6-3-7-12-23)27-16-13-22(14-17-27)19-21-9-4-2-5-10-21/h2-7,9-12,22H,8,13-20H2,1H3,(H,25,26). The SMILES string of the molecule is CN=C(NCCCS(=O)(=O)Cc1ccccc1)N1CCC(Cc2ccccc2)CC1. The maximum atomic E-state index is 12.3. The van der Waals surface area contributed by atoms with Gasteiger partial charge in [-0.05, 0) is 42.7 Å². The Hall–Kier alpha value is -2.34. The first-order valence-electron chi connectivity index (χ1n) is 10.8. The number of aliphatic imine (C=N–C) groups is 1. The van der Waals surface area contributed by atoms with Gasteiger partial charge in [0, 0.05) is 26.7 Å². The third-order valence-corrected chi connectivity index (χ3v) is 7.32. The molecule has 0 amide bonds. The van der Waals surface area contributed by atoms with Crippen LogP contribution in [0.4, 0.5) is 0 Å². The number of nitrogens with zero attached hydrogens (tertiary/aromatic N) is 2. The van der Waals surface area contributed by atoms with Crippen molar-refractivity contribution in [2.24, 2.45) is 10.9 Å². The summed E-state index contributed by atoms with van der Waals surface area (Å²) in [6, 6.07) is 20.1. The van der Waals surface area contributed by atoms with Gasteiger partial charge in [-0.1, -0.05) is 60.7 Å². The fourth-order valence-corrected chi connectivity index (χ4v) is 5.45. The lowest BCUT2D eigenvalue weighted by molar-refractivity contribution is 0.259. The summed E-state index contributed by atoms with van der Waals surface area (Å²) in [4.78, 5) is 6.70. The number of hydrogen-bond donors (Lipinski definition) is 1. The topological polar surface area (TPSA) is 61.8 Å². The van der Waals surface area contributed by atoms with Crippen LogP contribution in [-0.2, 0) is 22.0 Å². The Balaban J connectivity index is 1.38. The molecule has 1 aliphatic heterocycles. The summed E-state index contributed by atoms with van der Waals surface area (Å²) in [6.07, 6.45) is 4.03. The van der Waals surface area contributed by atoms with Crippen molar-refractivity contribution in [3.63, 3.8) is 0 Å². The number of piperidine rings is 1. The van der Waals surface area contributed by atoms with Crippen LogP contribution in [0.15, 0.2) is 65.7 Å². The first-order chi connectivity index (χ1) is 14.6. The van der Waals surface area contributed by atoms with E-state index in [0.29, 0.717) is 18.9 Å². The molecule has 0 spiro atoms. The van der Waals surface area contributed by atoms with E-state index in [2.05, 4.69) is 45.5 Å². The van der Waals surface area contributed by atoms with Crippen molar-refractivity contribution in [2.75, 3.05) is 32.4 Å². The molecule has 0 radical (unpaired) electrons.